The van der Waals surface area contributed by atoms with Crippen LogP contribution < -0.4 is 9.80 Å². The van der Waals surface area contributed by atoms with Gasteiger partial charge in [0.25, 0.3) is 5.91 Å². The highest BCUT2D eigenvalue weighted by atomic mass is 32.2. The molecule has 1 aliphatic rings. The molecule has 1 aliphatic heterocycles. The van der Waals surface area contributed by atoms with Crippen molar-refractivity contribution in [3.05, 3.63) is 64.6 Å². The zero-order chi connectivity index (χ0) is 21.2. The minimum Gasteiger partial charge on any atom is -0.372 e. The average molecular weight is 437 g/mol. The second-order valence-electron chi connectivity index (χ2n) is 6.33. The van der Waals surface area contributed by atoms with Crippen molar-refractivity contribution in [3.8, 4) is 0 Å². The molecular formula is C21H19F3N2OS2. The van der Waals surface area contributed by atoms with Crippen molar-refractivity contribution in [1.29, 1.82) is 0 Å². The molecule has 1 heterocycles. The van der Waals surface area contributed by atoms with Gasteiger partial charge in [0.05, 0.1) is 16.2 Å². The van der Waals surface area contributed by atoms with E-state index in [1.54, 1.807) is 6.08 Å². The lowest BCUT2D eigenvalue weighted by Crippen LogP contribution is -2.27. The Morgan fingerprint density at radius 1 is 1.10 bits per heavy atom. The van der Waals surface area contributed by atoms with E-state index in [4.69, 9.17) is 12.2 Å². The zero-order valence-corrected chi connectivity index (χ0v) is 17.5. The molecular weight excluding hydrogens is 417 g/mol. The molecule has 0 N–H and O–H groups in total. The van der Waals surface area contributed by atoms with Crippen LogP contribution in [0.2, 0.25) is 0 Å². The molecule has 0 unspecified atom stereocenters. The molecule has 1 amide bonds. The van der Waals surface area contributed by atoms with Crippen LogP contribution in [0.25, 0.3) is 6.08 Å². The van der Waals surface area contributed by atoms with E-state index in [-0.39, 0.29) is 10.0 Å². The normalized spacial score (nSPS) is 16.0. The first-order chi connectivity index (χ1) is 13.7. The molecule has 2 aromatic carbocycles. The number of hydrogen-bond acceptors (Lipinski definition) is 4. The molecule has 2 aromatic rings. The van der Waals surface area contributed by atoms with Crippen molar-refractivity contribution < 1.29 is 18.0 Å². The molecule has 3 nitrogen and oxygen atoms in total. The van der Waals surface area contributed by atoms with Crippen LogP contribution in [0.4, 0.5) is 24.5 Å². The van der Waals surface area contributed by atoms with Crippen LogP contribution in [-0.4, -0.2) is 23.3 Å². The fourth-order valence-corrected chi connectivity index (χ4v) is 4.33. The number of hydrogen-bond donors (Lipinski definition) is 0. The van der Waals surface area contributed by atoms with Crippen LogP contribution in [0, 0.1) is 0 Å². The van der Waals surface area contributed by atoms with E-state index in [9.17, 15) is 18.0 Å². The second kappa shape index (κ2) is 8.59. The topological polar surface area (TPSA) is 23.6 Å². The van der Waals surface area contributed by atoms with Gasteiger partial charge in [-0.3, -0.25) is 9.69 Å². The van der Waals surface area contributed by atoms with E-state index in [1.807, 2.05) is 24.3 Å². The van der Waals surface area contributed by atoms with Crippen molar-refractivity contribution in [2.45, 2.75) is 20.0 Å². The maximum Gasteiger partial charge on any atom is 0.416 e. The quantitative estimate of drug-likeness (QED) is 0.426. The first kappa shape index (κ1) is 21.4. The number of halogens is 3. The van der Waals surface area contributed by atoms with Crippen molar-refractivity contribution >= 4 is 51.7 Å². The van der Waals surface area contributed by atoms with E-state index in [1.165, 1.54) is 12.1 Å². The molecule has 0 atom stereocenters. The summed E-state index contributed by atoms with van der Waals surface area (Å²) in [7, 11) is 0. The maximum atomic E-state index is 13.0. The standard InChI is InChI=1S/C21H19F3N2OS2/c1-3-25(4-2)16-10-8-14(9-11-16)12-18-19(27)26(20(28)29-18)17-7-5-6-15(13-17)21(22,23)24/h5-13H,3-4H2,1-2H3. The molecule has 0 bridgehead atoms. The Kier molecular flexibility index (Phi) is 6.33. The predicted octanol–water partition coefficient (Wildman–Crippen LogP) is 5.96. The average Bonchev–Trinajstić information content (AvgIpc) is 2.96. The van der Waals surface area contributed by atoms with E-state index >= 15 is 0 Å². The van der Waals surface area contributed by atoms with Gasteiger partial charge >= 0.3 is 6.18 Å². The number of thiocarbonyl (C=S) groups is 1. The molecule has 3 rings (SSSR count). The van der Waals surface area contributed by atoms with Gasteiger partial charge in [-0.1, -0.05) is 42.2 Å². The van der Waals surface area contributed by atoms with Crippen LogP contribution in [0.15, 0.2) is 53.4 Å². The lowest BCUT2D eigenvalue weighted by molar-refractivity contribution is -0.137. The van der Waals surface area contributed by atoms with Gasteiger partial charge in [0.15, 0.2) is 4.32 Å². The molecule has 0 radical (unpaired) electrons. The molecule has 1 saturated heterocycles. The van der Waals surface area contributed by atoms with Gasteiger partial charge in [0, 0.05) is 18.8 Å². The van der Waals surface area contributed by atoms with Gasteiger partial charge in [-0.15, -0.1) is 0 Å². The van der Waals surface area contributed by atoms with Gasteiger partial charge in [-0.25, -0.2) is 0 Å². The molecule has 29 heavy (non-hydrogen) atoms. The number of alkyl halides is 3. The predicted molar refractivity (Wildman–Crippen MR) is 117 cm³/mol. The fraction of sp³-hybridized carbons (Fsp3) is 0.238. The highest BCUT2D eigenvalue weighted by Gasteiger charge is 2.36. The van der Waals surface area contributed by atoms with Gasteiger partial charge < -0.3 is 4.90 Å². The monoisotopic (exact) mass is 436 g/mol. The number of amides is 1. The highest BCUT2D eigenvalue weighted by Crippen LogP contribution is 2.38. The Hall–Kier alpha value is -2.32. The first-order valence-corrected chi connectivity index (χ1v) is 10.3. The molecule has 152 valence electrons. The van der Waals surface area contributed by atoms with Gasteiger partial charge in [0.1, 0.15) is 0 Å². The third-order valence-corrected chi connectivity index (χ3v) is 5.85. The molecule has 0 spiro atoms. The van der Waals surface area contributed by atoms with Crippen molar-refractivity contribution in [1.82, 2.24) is 0 Å². The molecule has 0 aromatic heterocycles. The number of carbonyl (C=O) groups is 1. The summed E-state index contributed by atoms with van der Waals surface area (Å²) in [6.45, 7) is 5.95. The lowest BCUT2D eigenvalue weighted by atomic mass is 10.1. The number of thioether (sulfide) groups is 1. The molecule has 1 fully saturated rings. The molecule has 8 heteroatoms. The van der Waals surface area contributed by atoms with Crippen molar-refractivity contribution in [2.24, 2.45) is 0 Å². The Balaban J connectivity index is 1.85. The third kappa shape index (κ3) is 4.64. The summed E-state index contributed by atoms with van der Waals surface area (Å²) in [5.74, 6) is -0.424. The van der Waals surface area contributed by atoms with E-state index < -0.39 is 17.6 Å². The van der Waals surface area contributed by atoms with Gasteiger partial charge in [-0.2, -0.15) is 13.2 Å². The molecule has 0 aliphatic carbocycles. The van der Waals surface area contributed by atoms with Crippen molar-refractivity contribution in [3.63, 3.8) is 0 Å². The maximum absolute atomic E-state index is 13.0. The Morgan fingerprint density at radius 2 is 1.76 bits per heavy atom. The zero-order valence-electron chi connectivity index (χ0n) is 15.9. The summed E-state index contributed by atoms with van der Waals surface area (Å²) < 4.78 is 39.2. The number of nitrogens with zero attached hydrogens (tertiary/aromatic N) is 2. The summed E-state index contributed by atoms with van der Waals surface area (Å²) in [5.41, 5.74) is 1.21. The first-order valence-electron chi connectivity index (χ1n) is 9.04. The minimum atomic E-state index is -4.49. The lowest BCUT2D eigenvalue weighted by Gasteiger charge is -2.20. The Bertz CT molecular complexity index is 951. The summed E-state index contributed by atoms with van der Waals surface area (Å²) in [6, 6.07) is 12.4. The fourth-order valence-electron chi connectivity index (χ4n) is 3.03. The molecule has 0 saturated carbocycles. The van der Waals surface area contributed by atoms with Crippen LogP contribution >= 0.6 is 24.0 Å². The van der Waals surface area contributed by atoms with Crippen LogP contribution in [0.5, 0.6) is 0 Å². The number of benzene rings is 2. The smallest absolute Gasteiger partial charge is 0.372 e. The highest BCUT2D eigenvalue weighted by molar-refractivity contribution is 8.27. The summed E-state index contributed by atoms with van der Waals surface area (Å²) >= 11 is 6.34. The van der Waals surface area contributed by atoms with E-state index in [0.29, 0.717) is 4.91 Å². The van der Waals surface area contributed by atoms with Gasteiger partial charge in [-0.05, 0) is 55.8 Å². The van der Waals surface area contributed by atoms with Gasteiger partial charge in [0.2, 0.25) is 0 Å². The largest absolute Gasteiger partial charge is 0.416 e. The minimum absolute atomic E-state index is 0.114. The number of anilines is 2. The Morgan fingerprint density at radius 3 is 2.34 bits per heavy atom. The SMILES string of the molecule is CCN(CC)c1ccc(C=C2SC(=S)N(c3cccc(C(F)(F)F)c3)C2=O)cc1. The summed E-state index contributed by atoms with van der Waals surface area (Å²) in [4.78, 5) is 16.5. The summed E-state index contributed by atoms with van der Waals surface area (Å²) in [6.07, 6.45) is -2.78. The number of carbonyl (C=O) groups excluding carboxylic acids is 1. The third-order valence-electron chi connectivity index (χ3n) is 4.54. The van der Waals surface area contributed by atoms with E-state index in [2.05, 4.69) is 18.7 Å². The van der Waals surface area contributed by atoms with Crippen LogP contribution in [-0.2, 0) is 11.0 Å². The second-order valence-corrected chi connectivity index (χ2v) is 8.00. The Labute approximate surface area is 177 Å². The summed E-state index contributed by atoms with van der Waals surface area (Å²) in [5, 5.41) is 0. The van der Waals surface area contributed by atoms with Crippen LogP contribution in [0.1, 0.15) is 25.0 Å². The number of rotatable bonds is 5. The van der Waals surface area contributed by atoms with Crippen LogP contribution in [0.3, 0.4) is 0 Å². The van der Waals surface area contributed by atoms with E-state index in [0.717, 1.165) is 53.1 Å². The van der Waals surface area contributed by atoms with Crippen molar-refractivity contribution in [2.75, 3.05) is 22.9 Å².